The smallest absolute Gasteiger partial charge is 0.199 e. The molecule has 1 unspecified atom stereocenters. The van der Waals surface area contributed by atoms with Crippen molar-refractivity contribution >= 4 is 17.4 Å². The summed E-state index contributed by atoms with van der Waals surface area (Å²) in [6.45, 7) is 3.59. The highest BCUT2D eigenvalue weighted by atomic mass is 35.5. The number of ketones is 1. The van der Waals surface area contributed by atoms with Gasteiger partial charge in [-0.2, -0.15) is 0 Å². The summed E-state index contributed by atoms with van der Waals surface area (Å²) in [4.78, 5) is 12.7. The Labute approximate surface area is 123 Å². The first-order valence-electron chi connectivity index (χ1n) is 6.25. The summed E-state index contributed by atoms with van der Waals surface area (Å²) in [5.74, 6) is -0.383. The molecule has 3 heteroatoms. The maximum Gasteiger partial charge on any atom is 0.199 e. The Balaban J connectivity index is 2.48. The maximum atomic E-state index is 12.7. The fourth-order valence-corrected chi connectivity index (χ4v) is 2.33. The monoisotopic (exact) mass is 286 g/mol. The minimum atomic E-state index is -1.69. The maximum absolute atomic E-state index is 12.7. The lowest BCUT2D eigenvalue weighted by molar-refractivity contribution is 0.0308. The average Bonchev–Trinajstić information content (AvgIpc) is 2.47. The van der Waals surface area contributed by atoms with Crippen LogP contribution in [0.4, 0.5) is 0 Å². The molecule has 1 N–H and O–H groups in total. The second-order valence-corrected chi connectivity index (χ2v) is 5.15. The number of aliphatic hydroxyl groups is 1. The van der Waals surface area contributed by atoms with Gasteiger partial charge in [0.2, 0.25) is 0 Å². The van der Waals surface area contributed by atoms with Gasteiger partial charge in [-0.1, -0.05) is 78.8 Å². The van der Waals surface area contributed by atoms with Crippen LogP contribution < -0.4 is 0 Å². The van der Waals surface area contributed by atoms with Crippen molar-refractivity contribution in [1.29, 1.82) is 0 Å². The summed E-state index contributed by atoms with van der Waals surface area (Å²) >= 11 is 5.84. The molecule has 102 valence electrons. The standard InChI is InChI=1S/C17H15ClO2/c1-13(18)12-17(20,15-10-6-3-7-11-15)16(19)14-8-4-2-5-9-14/h2-11,20H,1,12H2. The van der Waals surface area contributed by atoms with Gasteiger partial charge in [0, 0.05) is 17.0 Å². The highest BCUT2D eigenvalue weighted by Gasteiger charge is 2.38. The fraction of sp³-hybridized carbons (Fsp3) is 0.118. The van der Waals surface area contributed by atoms with E-state index in [9.17, 15) is 9.90 Å². The van der Waals surface area contributed by atoms with E-state index in [1.807, 2.05) is 12.1 Å². The third-order valence-corrected chi connectivity index (χ3v) is 3.24. The Kier molecular flexibility index (Phi) is 4.38. The van der Waals surface area contributed by atoms with Crippen molar-refractivity contribution in [3.05, 3.63) is 83.4 Å². The van der Waals surface area contributed by atoms with Gasteiger partial charge < -0.3 is 5.11 Å². The lowest BCUT2D eigenvalue weighted by atomic mass is 9.83. The van der Waals surface area contributed by atoms with Crippen molar-refractivity contribution < 1.29 is 9.90 Å². The van der Waals surface area contributed by atoms with Crippen molar-refractivity contribution in [1.82, 2.24) is 0 Å². The highest BCUT2D eigenvalue weighted by Crippen LogP contribution is 2.32. The molecule has 0 aromatic heterocycles. The normalized spacial score (nSPS) is 13.5. The van der Waals surface area contributed by atoms with E-state index in [1.54, 1.807) is 48.5 Å². The van der Waals surface area contributed by atoms with E-state index in [1.165, 1.54) is 0 Å². The molecule has 2 rings (SSSR count). The van der Waals surface area contributed by atoms with Crippen LogP contribution in [0.1, 0.15) is 22.3 Å². The summed E-state index contributed by atoms with van der Waals surface area (Å²) in [5.41, 5.74) is -0.742. The molecule has 2 aromatic rings. The van der Waals surface area contributed by atoms with Gasteiger partial charge in [-0.05, 0) is 5.56 Å². The van der Waals surface area contributed by atoms with Gasteiger partial charge in [0.05, 0.1) is 0 Å². The number of hydrogen-bond donors (Lipinski definition) is 1. The number of carbonyl (C=O) groups excluding carboxylic acids is 1. The van der Waals surface area contributed by atoms with Gasteiger partial charge in [-0.3, -0.25) is 4.79 Å². The molecule has 2 aromatic carbocycles. The van der Waals surface area contributed by atoms with Crippen molar-refractivity contribution in [3.63, 3.8) is 0 Å². The van der Waals surface area contributed by atoms with Crippen LogP contribution in [-0.2, 0) is 5.60 Å². The van der Waals surface area contributed by atoms with Gasteiger partial charge in [0.1, 0.15) is 0 Å². The number of carbonyl (C=O) groups is 1. The molecule has 0 heterocycles. The van der Waals surface area contributed by atoms with Gasteiger partial charge in [-0.15, -0.1) is 0 Å². The first kappa shape index (κ1) is 14.5. The Hall–Kier alpha value is -1.90. The first-order chi connectivity index (χ1) is 9.54. The number of Topliss-reactive ketones (excluding diaryl/α,β-unsaturated/α-hetero) is 1. The van der Waals surface area contributed by atoms with E-state index in [0.29, 0.717) is 11.1 Å². The highest BCUT2D eigenvalue weighted by molar-refractivity contribution is 6.29. The van der Waals surface area contributed by atoms with Crippen LogP contribution in [0.15, 0.2) is 72.3 Å². The van der Waals surface area contributed by atoms with Crippen molar-refractivity contribution in [2.75, 3.05) is 0 Å². The SMILES string of the molecule is C=C(Cl)CC(O)(C(=O)c1ccccc1)c1ccccc1. The molecule has 0 amide bonds. The van der Waals surface area contributed by atoms with Crippen LogP contribution in [0.25, 0.3) is 0 Å². The first-order valence-corrected chi connectivity index (χ1v) is 6.63. The summed E-state index contributed by atoms with van der Waals surface area (Å²) < 4.78 is 0. The third kappa shape index (κ3) is 2.98. The molecule has 0 aliphatic carbocycles. The lowest BCUT2D eigenvalue weighted by Crippen LogP contribution is -2.36. The molecular formula is C17H15ClO2. The predicted molar refractivity (Wildman–Crippen MR) is 80.7 cm³/mol. The summed E-state index contributed by atoms with van der Waals surface area (Å²) in [5, 5.41) is 11.1. The fourth-order valence-electron chi connectivity index (χ4n) is 2.13. The van der Waals surface area contributed by atoms with Crippen LogP contribution in [0.5, 0.6) is 0 Å². The van der Waals surface area contributed by atoms with E-state index < -0.39 is 5.60 Å². The zero-order valence-corrected chi connectivity index (χ0v) is 11.7. The molecule has 0 saturated heterocycles. The van der Waals surface area contributed by atoms with Gasteiger partial charge >= 0.3 is 0 Å². The summed E-state index contributed by atoms with van der Waals surface area (Å²) in [6.07, 6.45) is -0.0215. The molecule has 20 heavy (non-hydrogen) atoms. The Morgan fingerprint density at radius 1 is 1.05 bits per heavy atom. The predicted octanol–water partition coefficient (Wildman–Crippen LogP) is 3.90. The summed E-state index contributed by atoms with van der Waals surface area (Å²) in [6, 6.07) is 17.5. The van der Waals surface area contributed by atoms with Crippen LogP contribution in [-0.4, -0.2) is 10.9 Å². The second kappa shape index (κ2) is 6.04. The Morgan fingerprint density at radius 3 is 2.05 bits per heavy atom. The zero-order valence-electron chi connectivity index (χ0n) is 10.9. The van der Waals surface area contributed by atoms with E-state index >= 15 is 0 Å². The topological polar surface area (TPSA) is 37.3 Å². The van der Waals surface area contributed by atoms with Gasteiger partial charge in [0.15, 0.2) is 11.4 Å². The lowest BCUT2D eigenvalue weighted by Gasteiger charge is -2.27. The molecule has 1 atom stereocenters. The third-order valence-electron chi connectivity index (χ3n) is 3.11. The average molecular weight is 287 g/mol. The molecule has 0 fully saturated rings. The number of hydrogen-bond acceptors (Lipinski definition) is 2. The molecule has 0 aliphatic heterocycles. The molecule has 2 nitrogen and oxygen atoms in total. The van der Waals surface area contributed by atoms with E-state index in [-0.39, 0.29) is 17.2 Å². The van der Waals surface area contributed by atoms with Crippen LogP contribution in [0.3, 0.4) is 0 Å². The molecule has 0 aliphatic rings. The Bertz CT molecular complexity index is 607. The van der Waals surface area contributed by atoms with E-state index in [4.69, 9.17) is 11.6 Å². The van der Waals surface area contributed by atoms with Crippen LogP contribution >= 0.6 is 11.6 Å². The molecular weight excluding hydrogens is 272 g/mol. The van der Waals surface area contributed by atoms with Gasteiger partial charge in [0.25, 0.3) is 0 Å². The molecule has 0 spiro atoms. The van der Waals surface area contributed by atoms with Gasteiger partial charge in [-0.25, -0.2) is 0 Å². The van der Waals surface area contributed by atoms with Crippen molar-refractivity contribution in [2.45, 2.75) is 12.0 Å². The summed E-state index contributed by atoms with van der Waals surface area (Å²) in [7, 11) is 0. The van der Waals surface area contributed by atoms with Crippen molar-refractivity contribution in [3.8, 4) is 0 Å². The van der Waals surface area contributed by atoms with Crippen molar-refractivity contribution in [2.24, 2.45) is 0 Å². The molecule has 0 radical (unpaired) electrons. The minimum Gasteiger partial charge on any atom is -0.377 e. The zero-order chi connectivity index (χ0) is 14.6. The minimum absolute atomic E-state index is 0.0215. The van der Waals surface area contributed by atoms with Crippen LogP contribution in [0.2, 0.25) is 0 Å². The Morgan fingerprint density at radius 2 is 1.55 bits per heavy atom. The molecule has 0 bridgehead atoms. The van der Waals surface area contributed by atoms with E-state index in [0.717, 1.165) is 0 Å². The second-order valence-electron chi connectivity index (χ2n) is 4.62. The van der Waals surface area contributed by atoms with Crippen LogP contribution in [0, 0.1) is 0 Å². The number of benzene rings is 2. The molecule has 0 saturated carbocycles. The van der Waals surface area contributed by atoms with E-state index in [2.05, 4.69) is 6.58 Å². The quantitative estimate of drug-likeness (QED) is 0.847. The number of halogens is 1. The largest absolute Gasteiger partial charge is 0.377 e. The number of rotatable bonds is 5.